The van der Waals surface area contributed by atoms with Crippen molar-refractivity contribution in [3.05, 3.63) is 90.5 Å². The summed E-state index contributed by atoms with van der Waals surface area (Å²) < 4.78 is 33.7. The first-order valence-electron chi connectivity index (χ1n) is 12.0. The minimum atomic E-state index is -4.12. The zero-order valence-electron chi connectivity index (χ0n) is 21.5. The van der Waals surface area contributed by atoms with Crippen molar-refractivity contribution in [1.82, 2.24) is 10.2 Å². The van der Waals surface area contributed by atoms with Crippen molar-refractivity contribution in [3.8, 4) is 5.75 Å². The van der Waals surface area contributed by atoms with Crippen LogP contribution in [0.4, 0.5) is 5.69 Å². The van der Waals surface area contributed by atoms with E-state index >= 15 is 0 Å². The zero-order valence-corrected chi connectivity index (χ0v) is 22.3. The second-order valence-corrected chi connectivity index (χ2v) is 10.7. The highest BCUT2D eigenvalue weighted by Crippen LogP contribution is 2.25. The van der Waals surface area contributed by atoms with Gasteiger partial charge in [-0.25, -0.2) is 8.42 Å². The van der Waals surface area contributed by atoms with E-state index < -0.39 is 28.5 Å². The van der Waals surface area contributed by atoms with Crippen LogP contribution in [0, 0.1) is 0 Å². The highest BCUT2D eigenvalue weighted by molar-refractivity contribution is 7.92. The van der Waals surface area contributed by atoms with Gasteiger partial charge in [0.2, 0.25) is 11.8 Å². The van der Waals surface area contributed by atoms with Crippen molar-refractivity contribution in [2.75, 3.05) is 18.0 Å². The number of methoxy groups -OCH3 is 1. The molecule has 0 saturated heterocycles. The molecule has 1 N–H and O–H groups in total. The Hall–Kier alpha value is -3.85. The van der Waals surface area contributed by atoms with Crippen LogP contribution in [0.15, 0.2) is 89.8 Å². The van der Waals surface area contributed by atoms with Gasteiger partial charge in [-0.3, -0.25) is 13.9 Å². The zero-order chi connectivity index (χ0) is 27.0. The number of nitrogens with zero attached hydrogens (tertiary/aromatic N) is 2. The second-order valence-electron chi connectivity index (χ2n) is 8.87. The van der Waals surface area contributed by atoms with Gasteiger partial charge >= 0.3 is 0 Å². The molecule has 0 aliphatic carbocycles. The van der Waals surface area contributed by atoms with Crippen molar-refractivity contribution in [2.45, 2.75) is 44.3 Å². The van der Waals surface area contributed by atoms with E-state index in [0.717, 1.165) is 9.87 Å². The van der Waals surface area contributed by atoms with Gasteiger partial charge in [-0.15, -0.1) is 0 Å². The van der Waals surface area contributed by atoms with Gasteiger partial charge in [0.05, 0.1) is 17.7 Å². The van der Waals surface area contributed by atoms with Gasteiger partial charge in [0, 0.05) is 12.6 Å². The van der Waals surface area contributed by atoms with E-state index in [1.807, 2.05) is 44.2 Å². The molecular formula is C28H33N3O5S. The number of para-hydroxylation sites is 1. The Kier molecular flexibility index (Phi) is 9.30. The Labute approximate surface area is 218 Å². The molecule has 8 nitrogen and oxygen atoms in total. The van der Waals surface area contributed by atoms with Crippen molar-refractivity contribution in [2.24, 2.45) is 0 Å². The monoisotopic (exact) mass is 523 g/mol. The molecule has 0 spiro atoms. The number of rotatable bonds is 11. The van der Waals surface area contributed by atoms with Crippen LogP contribution in [-0.2, 0) is 26.2 Å². The molecular weight excluding hydrogens is 490 g/mol. The molecule has 0 saturated carbocycles. The summed E-state index contributed by atoms with van der Waals surface area (Å²) in [6.07, 6.45) is 0. The number of carbonyl (C=O) groups excluding carboxylic acids is 2. The average Bonchev–Trinajstić information content (AvgIpc) is 2.90. The Morgan fingerprint density at radius 3 is 1.97 bits per heavy atom. The molecule has 0 aliphatic rings. The minimum absolute atomic E-state index is 0.0187. The lowest BCUT2D eigenvalue weighted by Crippen LogP contribution is -2.52. The summed E-state index contributed by atoms with van der Waals surface area (Å²) in [5.74, 6) is -0.305. The molecule has 1 atom stereocenters. The molecule has 3 rings (SSSR count). The fraction of sp³-hybridized carbons (Fsp3) is 0.286. The number of carbonyl (C=O) groups is 2. The molecule has 37 heavy (non-hydrogen) atoms. The first kappa shape index (κ1) is 27.7. The van der Waals surface area contributed by atoms with Crippen molar-refractivity contribution in [1.29, 1.82) is 0 Å². The van der Waals surface area contributed by atoms with Crippen LogP contribution in [0.25, 0.3) is 0 Å². The lowest BCUT2D eigenvalue weighted by molar-refractivity contribution is -0.139. The second kappa shape index (κ2) is 12.4. The van der Waals surface area contributed by atoms with Gasteiger partial charge in [-0.2, -0.15) is 0 Å². The van der Waals surface area contributed by atoms with E-state index in [4.69, 9.17) is 4.74 Å². The molecule has 0 aliphatic heterocycles. The van der Waals surface area contributed by atoms with Gasteiger partial charge < -0.3 is 15.0 Å². The molecule has 0 radical (unpaired) electrons. The molecule has 3 aromatic rings. The summed E-state index contributed by atoms with van der Waals surface area (Å²) in [5.41, 5.74) is 1.16. The van der Waals surface area contributed by atoms with E-state index in [1.54, 1.807) is 49.4 Å². The number of sulfonamides is 1. The summed E-state index contributed by atoms with van der Waals surface area (Å²) in [6.45, 7) is 4.99. The lowest BCUT2D eigenvalue weighted by atomic mass is 10.1. The summed E-state index contributed by atoms with van der Waals surface area (Å²) >= 11 is 0. The standard InChI is InChI=1S/C28H33N3O5S/c1-21(2)29-28(33)22(3)30(19-23-11-7-5-8-12-23)27(32)20-31(24-13-9-6-10-14-24)37(34,35)26-17-15-25(36-4)16-18-26/h5-18,21-22H,19-20H2,1-4H3,(H,29,33). The number of benzene rings is 3. The van der Waals surface area contributed by atoms with Crippen LogP contribution in [0.5, 0.6) is 5.75 Å². The first-order chi connectivity index (χ1) is 17.6. The summed E-state index contributed by atoms with van der Waals surface area (Å²) in [7, 11) is -2.62. The quantitative estimate of drug-likeness (QED) is 0.412. The maximum Gasteiger partial charge on any atom is 0.264 e. The predicted molar refractivity (Wildman–Crippen MR) is 144 cm³/mol. The van der Waals surface area contributed by atoms with Crippen LogP contribution in [0.2, 0.25) is 0 Å². The fourth-order valence-electron chi connectivity index (χ4n) is 3.77. The van der Waals surface area contributed by atoms with Gasteiger partial charge in [0.15, 0.2) is 0 Å². The molecule has 2 amide bonds. The number of ether oxygens (including phenoxy) is 1. The highest BCUT2D eigenvalue weighted by atomic mass is 32.2. The molecule has 1 unspecified atom stereocenters. The molecule has 3 aromatic carbocycles. The molecule has 196 valence electrons. The normalized spacial score (nSPS) is 12.0. The summed E-state index contributed by atoms with van der Waals surface area (Å²) in [6, 6.07) is 22.8. The van der Waals surface area contributed by atoms with Crippen LogP contribution in [-0.4, -0.2) is 50.9 Å². The van der Waals surface area contributed by atoms with Crippen LogP contribution in [0.3, 0.4) is 0 Å². The average molecular weight is 524 g/mol. The maximum atomic E-state index is 13.8. The van der Waals surface area contributed by atoms with Gasteiger partial charge in [-0.1, -0.05) is 48.5 Å². The maximum absolute atomic E-state index is 13.8. The first-order valence-corrected chi connectivity index (χ1v) is 13.4. The number of hydrogen-bond donors (Lipinski definition) is 1. The van der Waals surface area contributed by atoms with Gasteiger partial charge in [-0.05, 0) is 62.7 Å². The third-order valence-corrected chi connectivity index (χ3v) is 7.55. The van der Waals surface area contributed by atoms with Crippen LogP contribution in [0.1, 0.15) is 26.3 Å². The highest BCUT2D eigenvalue weighted by Gasteiger charge is 2.32. The third kappa shape index (κ3) is 7.10. The summed E-state index contributed by atoms with van der Waals surface area (Å²) in [5, 5.41) is 2.84. The Morgan fingerprint density at radius 1 is 0.865 bits per heavy atom. The van der Waals surface area contributed by atoms with Crippen LogP contribution >= 0.6 is 0 Å². The van der Waals surface area contributed by atoms with E-state index in [-0.39, 0.29) is 23.4 Å². The number of anilines is 1. The molecule has 0 heterocycles. The van der Waals surface area contributed by atoms with Crippen molar-refractivity contribution in [3.63, 3.8) is 0 Å². The number of amides is 2. The van der Waals surface area contributed by atoms with Gasteiger partial charge in [0.25, 0.3) is 10.0 Å². The van der Waals surface area contributed by atoms with Crippen LogP contribution < -0.4 is 14.4 Å². The fourth-order valence-corrected chi connectivity index (χ4v) is 5.18. The topological polar surface area (TPSA) is 96.0 Å². The minimum Gasteiger partial charge on any atom is -0.497 e. The Bertz CT molecular complexity index is 1280. The van der Waals surface area contributed by atoms with E-state index in [0.29, 0.717) is 11.4 Å². The Balaban J connectivity index is 1.99. The number of nitrogens with one attached hydrogen (secondary N) is 1. The number of hydrogen-bond acceptors (Lipinski definition) is 5. The third-order valence-electron chi connectivity index (χ3n) is 5.76. The van der Waals surface area contributed by atoms with E-state index in [2.05, 4.69) is 5.32 Å². The van der Waals surface area contributed by atoms with Gasteiger partial charge in [0.1, 0.15) is 18.3 Å². The predicted octanol–water partition coefficient (Wildman–Crippen LogP) is 3.83. The molecule has 9 heteroatoms. The molecule has 0 fully saturated rings. The van der Waals surface area contributed by atoms with Crippen molar-refractivity contribution < 1.29 is 22.7 Å². The lowest BCUT2D eigenvalue weighted by Gasteiger charge is -2.32. The largest absolute Gasteiger partial charge is 0.497 e. The van der Waals surface area contributed by atoms with E-state index in [1.165, 1.54) is 24.1 Å². The van der Waals surface area contributed by atoms with Crippen molar-refractivity contribution >= 4 is 27.5 Å². The SMILES string of the molecule is COc1ccc(S(=O)(=O)N(CC(=O)N(Cc2ccccc2)C(C)C(=O)NC(C)C)c2ccccc2)cc1. The molecule has 0 bridgehead atoms. The molecule has 0 aromatic heterocycles. The summed E-state index contributed by atoms with van der Waals surface area (Å²) in [4.78, 5) is 28.1. The smallest absolute Gasteiger partial charge is 0.264 e. The van der Waals surface area contributed by atoms with E-state index in [9.17, 15) is 18.0 Å². The Morgan fingerprint density at radius 2 is 1.43 bits per heavy atom.